The lowest BCUT2D eigenvalue weighted by atomic mass is 10.1. The second-order valence-corrected chi connectivity index (χ2v) is 5.63. The summed E-state index contributed by atoms with van der Waals surface area (Å²) in [6.45, 7) is 0.153. The number of amides is 1. The number of halogens is 2. The zero-order valence-corrected chi connectivity index (χ0v) is 14.0. The highest BCUT2D eigenvalue weighted by molar-refractivity contribution is 6.33. The Balaban J connectivity index is 1.68. The first kappa shape index (κ1) is 17.0. The monoisotopic (exact) mass is 360 g/mol. The van der Waals surface area contributed by atoms with E-state index in [9.17, 15) is 9.18 Å². The quantitative estimate of drug-likeness (QED) is 0.744. The number of nitrogens with one attached hydrogen (secondary N) is 1. The molecule has 2 aromatic carbocycles. The Kier molecular flexibility index (Phi) is 5.00. The van der Waals surface area contributed by atoms with Gasteiger partial charge in [0, 0.05) is 11.6 Å². The molecule has 0 radical (unpaired) electrons. The fourth-order valence-electron chi connectivity index (χ4n) is 2.25. The van der Waals surface area contributed by atoms with Crippen molar-refractivity contribution >= 4 is 17.5 Å². The van der Waals surface area contributed by atoms with Crippen molar-refractivity contribution in [3.05, 3.63) is 70.6 Å². The number of hydrogen-bond acceptors (Lipinski definition) is 4. The zero-order chi connectivity index (χ0) is 17.8. The summed E-state index contributed by atoms with van der Waals surface area (Å²) < 4.78 is 23.5. The van der Waals surface area contributed by atoms with E-state index in [1.807, 2.05) is 24.3 Å². The summed E-state index contributed by atoms with van der Waals surface area (Å²) >= 11 is 5.87. The van der Waals surface area contributed by atoms with Crippen LogP contribution in [-0.4, -0.2) is 18.2 Å². The average Bonchev–Trinajstić information content (AvgIpc) is 3.09. The highest BCUT2D eigenvalue weighted by atomic mass is 35.5. The smallest absolute Gasteiger partial charge is 0.253 e. The van der Waals surface area contributed by atoms with Gasteiger partial charge < -0.3 is 14.6 Å². The Morgan fingerprint density at radius 1 is 1.28 bits per heavy atom. The van der Waals surface area contributed by atoms with Gasteiger partial charge in [-0.3, -0.25) is 4.79 Å². The van der Waals surface area contributed by atoms with Gasteiger partial charge in [-0.1, -0.05) is 28.9 Å². The van der Waals surface area contributed by atoms with E-state index in [4.69, 9.17) is 20.9 Å². The van der Waals surface area contributed by atoms with E-state index in [0.717, 1.165) is 11.6 Å². The summed E-state index contributed by atoms with van der Waals surface area (Å²) in [5.41, 5.74) is 1.55. The predicted octanol–water partition coefficient (Wildman–Crippen LogP) is 4.07. The van der Waals surface area contributed by atoms with Crippen molar-refractivity contribution in [3.63, 3.8) is 0 Å². The number of methoxy groups -OCH3 is 1. The van der Waals surface area contributed by atoms with Gasteiger partial charge in [0.25, 0.3) is 5.91 Å². The van der Waals surface area contributed by atoms with E-state index in [1.54, 1.807) is 13.2 Å². The standard InChI is InChI=1S/C18H14ClFN2O3/c1-24-14-4-2-3-11(7-14)17-9-13(22-25-17)10-21-18(23)15-6-5-12(20)8-16(15)19/h2-9H,10H2,1H3,(H,21,23). The van der Waals surface area contributed by atoms with E-state index < -0.39 is 11.7 Å². The molecule has 0 saturated carbocycles. The lowest BCUT2D eigenvalue weighted by Gasteiger charge is -2.04. The third kappa shape index (κ3) is 3.97. The van der Waals surface area contributed by atoms with Gasteiger partial charge in [-0.15, -0.1) is 0 Å². The molecule has 1 amide bonds. The topological polar surface area (TPSA) is 64.4 Å². The number of benzene rings is 2. The highest BCUT2D eigenvalue weighted by Crippen LogP contribution is 2.24. The number of hydrogen-bond donors (Lipinski definition) is 1. The third-order valence-electron chi connectivity index (χ3n) is 3.52. The van der Waals surface area contributed by atoms with Gasteiger partial charge in [-0.25, -0.2) is 4.39 Å². The van der Waals surface area contributed by atoms with Gasteiger partial charge in [-0.05, 0) is 30.3 Å². The molecule has 0 fully saturated rings. The van der Waals surface area contributed by atoms with Gasteiger partial charge in [0.15, 0.2) is 5.76 Å². The van der Waals surface area contributed by atoms with Crippen molar-refractivity contribution in [3.8, 4) is 17.1 Å². The number of aromatic nitrogens is 1. The maximum Gasteiger partial charge on any atom is 0.253 e. The number of carbonyl (C=O) groups is 1. The fraction of sp³-hybridized carbons (Fsp3) is 0.111. The van der Waals surface area contributed by atoms with Gasteiger partial charge in [0.2, 0.25) is 0 Å². The van der Waals surface area contributed by atoms with Crippen LogP contribution in [0.1, 0.15) is 16.1 Å². The molecule has 128 valence electrons. The van der Waals surface area contributed by atoms with Gasteiger partial charge in [-0.2, -0.15) is 0 Å². The molecule has 1 N–H and O–H groups in total. The molecule has 3 rings (SSSR count). The van der Waals surface area contributed by atoms with E-state index in [2.05, 4.69) is 10.5 Å². The molecule has 0 saturated heterocycles. The minimum absolute atomic E-state index is 0.0507. The van der Waals surface area contributed by atoms with Crippen molar-refractivity contribution in [2.45, 2.75) is 6.54 Å². The molecule has 3 aromatic rings. The fourth-order valence-corrected chi connectivity index (χ4v) is 2.50. The minimum Gasteiger partial charge on any atom is -0.497 e. The van der Waals surface area contributed by atoms with Crippen LogP contribution in [0.4, 0.5) is 4.39 Å². The number of carbonyl (C=O) groups excluding carboxylic acids is 1. The minimum atomic E-state index is -0.499. The van der Waals surface area contributed by atoms with Crippen molar-refractivity contribution < 1.29 is 18.4 Å². The summed E-state index contributed by atoms with van der Waals surface area (Å²) in [5, 5.41) is 6.65. The summed E-state index contributed by atoms with van der Waals surface area (Å²) in [6.07, 6.45) is 0. The van der Waals surface area contributed by atoms with E-state index in [0.29, 0.717) is 17.2 Å². The number of ether oxygens (including phenoxy) is 1. The predicted molar refractivity (Wildman–Crippen MR) is 91.1 cm³/mol. The SMILES string of the molecule is COc1cccc(-c2cc(CNC(=O)c3ccc(F)cc3Cl)no2)c1. The lowest BCUT2D eigenvalue weighted by Crippen LogP contribution is -2.23. The first-order valence-corrected chi connectivity index (χ1v) is 7.78. The van der Waals surface area contributed by atoms with Crippen molar-refractivity contribution in [2.75, 3.05) is 7.11 Å². The Hall–Kier alpha value is -2.86. The van der Waals surface area contributed by atoms with Gasteiger partial charge in [0.1, 0.15) is 17.3 Å². The molecule has 0 unspecified atom stereocenters. The maximum atomic E-state index is 13.0. The third-order valence-corrected chi connectivity index (χ3v) is 3.83. The van der Waals surface area contributed by atoms with Crippen LogP contribution in [-0.2, 0) is 6.54 Å². The Bertz CT molecular complexity index is 911. The van der Waals surface area contributed by atoms with Crippen molar-refractivity contribution in [1.29, 1.82) is 0 Å². The molecule has 0 bridgehead atoms. The van der Waals surface area contributed by atoms with Crippen LogP contribution in [0, 0.1) is 5.82 Å². The van der Waals surface area contributed by atoms with Crippen LogP contribution in [0.15, 0.2) is 53.1 Å². The van der Waals surface area contributed by atoms with Crippen LogP contribution < -0.4 is 10.1 Å². The zero-order valence-electron chi connectivity index (χ0n) is 13.3. The maximum absolute atomic E-state index is 13.0. The summed E-state index contributed by atoms with van der Waals surface area (Å²) in [6, 6.07) is 12.7. The number of rotatable bonds is 5. The van der Waals surface area contributed by atoms with Crippen LogP contribution >= 0.6 is 11.6 Å². The van der Waals surface area contributed by atoms with Crippen molar-refractivity contribution in [2.24, 2.45) is 0 Å². The molecule has 0 aliphatic heterocycles. The second kappa shape index (κ2) is 7.36. The molecule has 0 spiro atoms. The van der Waals surface area contributed by atoms with Crippen molar-refractivity contribution in [1.82, 2.24) is 10.5 Å². The summed E-state index contributed by atoms with van der Waals surface area (Å²) in [4.78, 5) is 12.1. The van der Waals surface area contributed by atoms with Crippen LogP contribution in [0.3, 0.4) is 0 Å². The molecular weight excluding hydrogens is 347 g/mol. The van der Waals surface area contributed by atoms with E-state index in [1.165, 1.54) is 12.1 Å². The average molecular weight is 361 g/mol. The Morgan fingerprint density at radius 3 is 2.88 bits per heavy atom. The Morgan fingerprint density at radius 2 is 2.12 bits per heavy atom. The first-order chi connectivity index (χ1) is 12.1. The normalized spacial score (nSPS) is 10.5. The molecule has 0 aliphatic carbocycles. The van der Waals surface area contributed by atoms with Crippen LogP contribution in [0.2, 0.25) is 5.02 Å². The largest absolute Gasteiger partial charge is 0.497 e. The summed E-state index contributed by atoms with van der Waals surface area (Å²) in [7, 11) is 1.58. The van der Waals surface area contributed by atoms with E-state index in [-0.39, 0.29) is 17.1 Å². The lowest BCUT2D eigenvalue weighted by molar-refractivity contribution is 0.0950. The molecule has 5 nitrogen and oxygen atoms in total. The molecule has 0 aliphatic rings. The van der Waals surface area contributed by atoms with Crippen LogP contribution in [0.5, 0.6) is 5.75 Å². The van der Waals surface area contributed by atoms with Gasteiger partial charge >= 0.3 is 0 Å². The molecule has 25 heavy (non-hydrogen) atoms. The highest BCUT2D eigenvalue weighted by Gasteiger charge is 2.13. The molecule has 0 atom stereocenters. The first-order valence-electron chi connectivity index (χ1n) is 7.40. The molecule has 7 heteroatoms. The molecular formula is C18H14ClFN2O3. The van der Waals surface area contributed by atoms with Gasteiger partial charge in [0.05, 0.1) is 24.2 Å². The molecule has 1 aromatic heterocycles. The number of nitrogens with zero attached hydrogens (tertiary/aromatic N) is 1. The van der Waals surface area contributed by atoms with E-state index >= 15 is 0 Å². The molecule has 1 heterocycles. The Labute approximate surface area is 148 Å². The van der Waals surface area contributed by atoms with Crippen LogP contribution in [0.25, 0.3) is 11.3 Å². The summed E-state index contributed by atoms with van der Waals surface area (Å²) in [5.74, 6) is 0.342. The second-order valence-electron chi connectivity index (χ2n) is 5.22.